The average molecular weight is 667 g/mol. The summed E-state index contributed by atoms with van der Waals surface area (Å²) in [7, 11) is 3.24. The number of carbonyl (C=O) groups excluding carboxylic acids is 2. The molecule has 1 N–H and O–H groups in total. The van der Waals surface area contributed by atoms with E-state index in [9.17, 15) is 9.59 Å². The lowest BCUT2D eigenvalue weighted by molar-refractivity contribution is -0.130. The summed E-state index contributed by atoms with van der Waals surface area (Å²) in [4.78, 5) is 26.5. The van der Waals surface area contributed by atoms with Gasteiger partial charge in [-0.15, -0.1) is 10.2 Å². The molecule has 0 bridgehead atoms. The smallest absolute Gasteiger partial charge is 0.287 e. The van der Waals surface area contributed by atoms with Gasteiger partial charge < -0.3 is 23.9 Å². The number of nitrogens with one attached hydrogen (secondary N) is 1. The fourth-order valence-corrected chi connectivity index (χ4v) is 6.08. The SMILES string of the molecule is CCOc1ccc(-n2c(CNC(=O)c3ccco3)nnc2SCC(=O)N2N=C(c3ccc(OC)cc3)CC2c2ccc(OC)cc2)cc1. The number of furan rings is 1. The second-order valence-corrected chi connectivity index (χ2v) is 11.6. The van der Waals surface area contributed by atoms with Gasteiger partial charge in [0, 0.05) is 12.1 Å². The van der Waals surface area contributed by atoms with Gasteiger partial charge >= 0.3 is 0 Å². The lowest BCUT2D eigenvalue weighted by atomic mass is 9.98. The third kappa shape index (κ3) is 7.20. The van der Waals surface area contributed by atoms with Crippen molar-refractivity contribution in [3.8, 4) is 22.9 Å². The number of carbonyl (C=O) groups is 2. The molecule has 5 aromatic rings. The predicted molar refractivity (Wildman–Crippen MR) is 180 cm³/mol. The van der Waals surface area contributed by atoms with E-state index in [0.717, 1.165) is 39.8 Å². The van der Waals surface area contributed by atoms with E-state index in [4.69, 9.17) is 23.7 Å². The molecule has 12 nitrogen and oxygen atoms in total. The van der Waals surface area contributed by atoms with Gasteiger partial charge in [0.25, 0.3) is 11.8 Å². The molecule has 3 aromatic carbocycles. The number of hydrogen-bond acceptors (Lipinski definition) is 10. The van der Waals surface area contributed by atoms with Gasteiger partial charge in [-0.25, -0.2) is 5.01 Å². The van der Waals surface area contributed by atoms with Crippen LogP contribution in [0.1, 0.15) is 46.9 Å². The lowest BCUT2D eigenvalue weighted by Gasteiger charge is -2.22. The van der Waals surface area contributed by atoms with Gasteiger partial charge in [0.15, 0.2) is 16.7 Å². The maximum absolute atomic E-state index is 13.9. The monoisotopic (exact) mass is 666 g/mol. The van der Waals surface area contributed by atoms with Crippen LogP contribution in [0.2, 0.25) is 0 Å². The van der Waals surface area contributed by atoms with Gasteiger partial charge in [0.2, 0.25) is 0 Å². The Balaban J connectivity index is 1.25. The summed E-state index contributed by atoms with van der Waals surface area (Å²) in [5.74, 6) is 2.32. The highest BCUT2D eigenvalue weighted by Gasteiger charge is 2.33. The zero-order valence-corrected chi connectivity index (χ0v) is 27.5. The predicted octanol–water partition coefficient (Wildman–Crippen LogP) is 5.68. The maximum Gasteiger partial charge on any atom is 0.287 e. The normalized spacial score (nSPS) is 14.0. The van der Waals surface area contributed by atoms with E-state index < -0.39 is 0 Å². The molecule has 0 aliphatic carbocycles. The summed E-state index contributed by atoms with van der Waals surface area (Å²) in [6.07, 6.45) is 1.98. The zero-order chi connectivity index (χ0) is 33.5. The van der Waals surface area contributed by atoms with Gasteiger partial charge in [-0.2, -0.15) is 5.10 Å². The van der Waals surface area contributed by atoms with Gasteiger partial charge in [-0.1, -0.05) is 23.9 Å². The summed E-state index contributed by atoms with van der Waals surface area (Å²) in [6, 6.07) is 25.7. The van der Waals surface area contributed by atoms with Crippen LogP contribution >= 0.6 is 11.8 Å². The third-order valence-electron chi connectivity index (χ3n) is 7.67. The van der Waals surface area contributed by atoms with Crippen LogP contribution in [-0.4, -0.2) is 63.9 Å². The molecule has 1 unspecified atom stereocenters. The van der Waals surface area contributed by atoms with Gasteiger partial charge in [0.1, 0.15) is 17.2 Å². The van der Waals surface area contributed by atoms with E-state index in [1.807, 2.05) is 84.3 Å². The Hall–Kier alpha value is -5.56. The highest BCUT2D eigenvalue weighted by molar-refractivity contribution is 7.99. The molecule has 0 saturated carbocycles. The van der Waals surface area contributed by atoms with Crippen LogP contribution in [0.4, 0.5) is 0 Å². The van der Waals surface area contributed by atoms with Crippen molar-refractivity contribution in [1.82, 2.24) is 25.1 Å². The highest BCUT2D eigenvalue weighted by Crippen LogP contribution is 2.35. The van der Waals surface area contributed by atoms with Crippen molar-refractivity contribution in [2.24, 2.45) is 5.10 Å². The number of rotatable bonds is 13. The topological polar surface area (TPSA) is 133 Å². The molecule has 1 aliphatic heterocycles. The number of aromatic nitrogens is 3. The first-order chi connectivity index (χ1) is 23.5. The first-order valence-corrected chi connectivity index (χ1v) is 16.3. The molecule has 6 rings (SSSR count). The second-order valence-electron chi connectivity index (χ2n) is 10.6. The lowest BCUT2D eigenvalue weighted by Crippen LogP contribution is -2.28. The Kier molecular flexibility index (Phi) is 10.1. The molecule has 246 valence electrons. The van der Waals surface area contributed by atoms with Gasteiger partial charge in [0.05, 0.1) is 51.1 Å². The largest absolute Gasteiger partial charge is 0.497 e. The van der Waals surface area contributed by atoms with Gasteiger partial charge in [-0.3, -0.25) is 14.2 Å². The van der Waals surface area contributed by atoms with Crippen LogP contribution in [0.25, 0.3) is 5.69 Å². The summed E-state index contributed by atoms with van der Waals surface area (Å²) < 4.78 is 23.3. The molecule has 2 amide bonds. The molecule has 1 atom stereocenters. The van der Waals surface area contributed by atoms with Crippen molar-refractivity contribution >= 4 is 29.3 Å². The number of hydrazone groups is 1. The standard InChI is InChI=1S/C35H34N6O6S/c1-4-46-28-17-11-25(12-18-28)40-32(21-36-34(43)31-6-5-19-47-31)37-38-35(40)48-22-33(42)41-30(24-9-15-27(45-3)16-10-24)20-29(39-41)23-7-13-26(44-2)14-8-23/h5-19,30H,4,20-22H2,1-3H3,(H,36,43). The molecule has 3 heterocycles. The van der Waals surface area contributed by atoms with E-state index >= 15 is 0 Å². The van der Waals surface area contributed by atoms with Crippen LogP contribution in [0.5, 0.6) is 17.2 Å². The third-order valence-corrected chi connectivity index (χ3v) is 8.59. The van der Waals surface area contributed by atoms with Crippen LogP contribution in [0.3, 0.4) is 0 Å². The van der Waals surface area contributed by atoms with Crippen molar-refractivity contribution in [3.63, 3.8) is 0 Å². The molecule has 0 spiro atoms. The Morgan fingerprint density at radius 2 is 1.60 bits per heavy atom. The molecular weight excluding hydrogens is 632 g/mol. The Morgan fingerprint density at radius 1 is 0.917 bits per heavy atom. The van der Waals surface area contributed by atoms with E-state index in [0.29, 0.717) is 24.0 Å². The quantitative estimate of drug-likeness (QED) is 0.158. The highest BCUT2D eigenvalue weighted by atomic mass is 32.2. The average Bonchev–Trinajstić information content (AvgIpc) is 3.91. The number of thioether (sulfide) groups is 1. The molecule has 0 radical (unpaired) electrons. The van der Waals surface area contributed by atoms with Crippen LogP contribution in [0.15, 0.2) is 106 Å². The molecule has 13 heteroatoms. The summed E-state index contributed by atoms with van der Waals surface area (Å²) in [5.41, 5.74) is 3.39. The molecule has 1 aliphatic rings. The minimum atomic E-state index is -0.380. The van der Waals surface area contributed by atoms with Crippen molar-refractivity contribution in [3.05, 3.63) is 114 Å². The van der Waals surface area contributed by atoms with Crippen molar-refractivity contribution in [1.29, 1.82) is 0 Å². The number of benzene rings is 3. The summed E-state index contributed by atoms with van der Waals surface area (Å²) >= 11 is 1.24. The van der Waals surface area contributed by atoms with Crippen LogP contribution in [0, 0.1) is 0 Å². The Morgan fingerprint density at radius 3 is 2.25 bits per heavy atom. The minimum absolute atomic E-state index is 0.0416. The van der Waals surface area contributed by atoms with Crippen molar-refractivity contribution in [2.45, 2.75) is 31.1 Å². The van der Waals surface area contributed by atoms with E-state index in [2.05, 4.69) is 15.5 Å². The van der Waals surface area contributed by atoms with E-state index in [-0.39, 0.29) is 35.9 Å². The summed E-state index contributed by atoms with van der Waals surface area (Å²) in [6.45, 7) is 2.54. The first kappa shape index (κ1) is 32.4. The number of methoxy groups -OCH3 is 2. The minimum Gasteiger partial charge on any atom is -0.497 e. The number of nitrogens with zero attached hydrogens (tertiary/aromatic N) is 5. The number of ether oxygens (including phenoxy) is 3. The fraction of sp³-hybridized carbons (Fsp3) is 0.229. The second kappa shape index (κ2) is 14.9. The van der Waals surface area contributed by atoms with E-state index in [1.165, 1.54) is 18.0 Å². The Labute approximate surface area is 281 Å². The zero-order valence-electron chi connectivity index (χ0n) is 26.7. The number of amides is 2. The van der Waals surface area contributed by atoms with Crippen molar-refractivity contribution < 1.29 is 28.2 Å². The molecule has 48 heavy (non-hydrogen) atoms. The molecule has 0 saturated heterocycles. The Bertz CT molecular complexity index is 1870. The molecular formula is C35H34N6O6S. The molecule has 2 aromatic heterocycles. The van der Waals surface area contributed by atoms with Crippen LogP contribution < -0.4 is 19.5 Å². The van der Waals surface area contributed by atoms with E-state index in [1.54, 1.807) is 31.4 Å². The maximum atomic E-state index is 13.9. The molecule has 0 fully saturated rings. The number of hydrogen-bond donors (Lipinski definition) is 1. The fourth-order valence-electron chi connectivity index (χ4n) is 5.26. The van der Waals surface area contributed by atoms with Gasteiger partial charge in [-0.05, 0) is 90.8 Å². The van der Waals surface area contributed by atoms with Crippen molar-refractivity contribution in [2.75, 3.05) is 26.6 Å². The van der Waals surface area contributed by atoms with Crippen LogP contribution in [-0.2, 0) is 11.3 Å². The summed E-state index contributed by atoms with van der Waals surface area (Å²) in [5, 5.41) is 18.4. The first-order valence-electron chi connectivity index (χ1n) is 15.3.